The lowest BCUT2D eigenvalue weighted by Gasteiger charge is -2.41. The second kappa shape index (κ2) is 6.87. The van der Waals surface area contributed by atoms with E-state index in [1.165, 1.54) is 31.2 Å². The topological polar surface area (TPSA) is 15.3 Å². The number of nitrogens with one attached hydrogen (secondary N) is 1. The smallest absolute Gasteiger partial charge is 0.0595 e. The summed E-state index contributed by atoms with van der Waals surface area (Å²) in [6.07, 6.45) is 5.28. The zero-order valence-corrected chi connectivity index (χ0v) is 14.1. The van der Waals surface area contributed by atoms with Gasteiger partial charge in [-0.15, -0.1) is 0 Å². The average Bonchev–Trinajstić information content (AvgIpc) is 3.28. The van der Waals surface area contributed by atoms with Crippen molar-refractivity contribution in [1.29, 1.82) is 0 Å². The van der Waals surface area contributed by atoms with Gasteiger partial charge in [0.25, 0.3) is 0 Å². The standard InChI is InChI=1S/C17H24Cl2N2/c1-2-3-14-11-21(17(9-20-14)13-5-6-13)10-12-4-7-15(18)16(19)8-12/h4,7-8,13-14,17,20H,2-3,5-6,9-11H2,1H3. The zero-order chi connectivity index (χ0) is 14.8. The summed E-state index contributed by atoms with van der Waals surface area (Å²) in [6.45, 7) is 5.53. The van der Waals surface area contributed by atoms with E-state index in [2.05, 4.69) is 23.2 Å². The molecule has 1 heterocycles. The van der Waals surface area contributed by atoms with Gasteiger partial charge in [0.15, 0.2) is 0 Å². The van der Waals surface area contributed by atoms with Gasteiger partial charge in [-0.3, -0.25) is 4.90 Å². The number of piperazine rings is 1. The Morgan fingerprint density at radius 3 is 2.71 bits per heavy atom. The molecule has 2 nitrogen and oxygen atoms in total. The molecule has 0 amide bonds. The molecule has 116 valence electrons. The highest BCUT2D eigenvalue weighted by molar-refractivity contribution is 6.42. The number of halogens is 2. The van der Waals surface area contributed by atoms with Gasteiger partial charge in [-0.2, -0.15) is 0 Å². The van der Waals surface area contributed by atoms with E-state index in [0.29, 0.717) is 22.1 Å². The Morgan fingerprint density at radius 1 is 1.24 bits per heavy atom. The first kappa shape index (κ1) is 15.6. The predicted molar refractivity (Wildman–Crippen MR) is 90.1 cm³/mol. The molecule has 1 aliphatic carbocycles. The van der Waals surface area contributed by atoms with Crippen LogP contribution in [0.25, 0.3) is 0 Å². The zero-order valence-electron chi connectivity index (χ0n) is 12.6. The van der Waals surface area contributed by atoms with Crippen molar-refractivity contribution in [1.82, 2.24) is 10.2 Å². The number of benzene rings is 1. The van der Waals surface area contributed by atoms with Crippen molar-refractivity contribution in [3.63, 3.8) is 0 Å². The summed E-state index contributed by atoms with van der Waals surface area (Å²) >= 11 is 12.2. The minimum absolute atomic E-state index is 0.632. The Hall–Kier alpha value is -0.280. The van der Waals surface area contributed by atoms with E-state index in [4.69, 9.17) is 23.2 Å². The van der Waals surface area contributed by atoms with Gasteiger partial charge in [0.1, 0.15) is 0 Å². The molecule has 1 saturated heterocycles. The molecule has 21 heavy (non-hydrogen) atoms. The SMILES string of the molecule is CCCC1CN(Cc2ccc(Cl)c(Cl)c2)C(C2CC2)CN1. The third-order valence-electron chi connectivity index (χ3n) is 4.71. The summed E-state index contributed by atoms with van der Waals surface area (Å²) < 4.78 is 0. The summed E-state index contributed by atoms with van der Waals surface area (Å²) in [7, 11) is 0. The number of rotatable bonds is 5. The maximum Gasteiger partial charge on any atom is 0.0595 e. The first-order chi connectivity index (χ1) is 10.2. The fourth-order valence-corrected chi connectivity index (χ4v) is 3.76. The first-order valence-electron chi connectivity index (χ1n) is 8.08. The van der Waals surface area contributed by atoms with E-state index < -0.39 is 0 Å². The van der Waals surface area contributed by atoms with Crippen molar-refractivity contribution in [2.75, 3.05) is 13.1 Å². The maximum atomic E-state index is 6.16. The van der Waals surface area contributed by atoms with Gasteiger partial charge in [-0.1, -0.05) is 42.6 Å². The van der Waals surface area contributed by atoms with E-state index in [1.54, 1.807) is 0 Å². The van der Waals surface area contributed by atoms with Gasteiger partial charge in [-0.05, 0) is 42.9 Å². The van der Waals surface area contributed by atoms with Crippen molar-refractivity contribution in [2.45, 2.75) is 51.2 Å². The Morgan fingerprint density at radius 2 is 2.05 bits per heavy atom. The second-order valence-corrected chi connectivity index (χ2v) is 7.29. The minimum Gasteiger partial charge on any atom is -0.311 e. The summed E-state index contributed by atoms with van der Waals surface area (Å²) in [5, 5.41) is 5.05. The van der Waals surface area contributed by atoms with Crippen molar-refractivity contribution >= 4 is 23.2 Å². The van der Waals surface area contributed by atoms with Gasteiger partial charge in [-0.25, -0.2) is 0 Å². The highest BCUT2D eigenvalue weighted by Crippen LogP contribution is 2.37. The second-order valence-electron chi connectivity index (χ2n) is 6.48. The molecule has 2 fully saturated rings. The Kier molecular flexibility index (Phi) is 5.11. The molecule has 2 unspecified atom stereocenters. The van der Waals surface area contributed by atoms with Gasteiger partial charge in [0.2, 0.25) is 0 Å². The molecular weight excluding hydrogens is 303 g/mol. The molecule has 0 radical (unpaired) electrons. The minimum atomic E-state index is 0.632. The van der Waals surface area contributed by atoms with Crippen molar-refractivity contribution in [3.8, 4) is 0 Å². The van der Waals surface area contributed by atoms with E-state index in [0.717, 1.165) is 25.6 Å². The molecule has 1 saturated carbocycles. The fraction of sp³-hybridized carbons (Fsp3) is 0.647. The van der Waals surface area contributed by atoms with Crippen LogP contribution >= 0.6 is 23.2 Å². The van der Waals surface area contributed by atoms with Crippen LogP contribution in [0.2, 0.25) is 10.0 Å². The summed E-state index contributed by atoms with van der Waals surface area (Å²) in [6, 6.07) is 7.36. The van der Waals surface area contributed by atoms with Gasteiger partial charge >= 0.3 is 0 Å². The molecule has 0 bridgehead atoms. The van der Waals surface area contributed by atoms with Crippen molar-refractivity contribution in [3.05, 3.63) is 33.8 Å². The highest BCUT2D eigenvalue weighted by atomic mass is 35.5. The van der Waals surface area contributed by atoms with Crippen LogP contribution in [0.1, 0.15) is 38.2 Å². The fourth-order valence-electron chi connectivity index (χ4n) is 3.44. The third kappa shape index (κ3) is 3.92. The van der Waals surface area contributed by atoms with Crippen molar-refractivity contribution < 1.29 is 0 Å². The van der Waals surface area contributed by atoms with Crippen LogP contribution in [0.3, 0.4) is 0 Å². The van der Waals surface area contributed by atoms with Gasteiger partial charge < -0.3 is 5.32 Å². The summed E-state index contributed by atoms with van der Waals surface area (Å²) in [4.78, 5) is 2.66. The molecule has 1 N–H and O–H groups in total. The van der Waals surface area contributed by atoms with Crippen LogP contribution in [0.5, 0.6) is 0 Å². The molecule has 3 rings (SSSR count). The molecular formula is C17H24Cl2N2. The Labute approximate surface area is 137 Å². The Balaban J connectivity index is 1.70. The van der Waals surface area contributed by atoms with Gasteiger partial charge in [0.05, 0.1) is 10.0 Å². The quantitative estimate of drug-likeness (QED) is 0.865. The molecule has 4 heteroatoms. The van der Waals surface area contributed by atoms with E-state index in [-0.39, 0.29) is 0 Å². The Bertz CT molecular complexity index is 488. The number of hydrogen-bond donors (Lipinski definition) is 1. The lowest BCUT2D eigenvalue weighted by molar-refractivity contribution is 0.104. The first-order valence-corrected chi connectivity index (χ1v) is 8.84. The van der Waals surface area contributed by atoms with Gasteiger partial charge in [0, 0.05) is 31.7 Å². The summed E-state index contributed by atoms with van der Waals surface area (Å²) in [5.41, 5.74) is 1.27. The lowest BCUT2D eigenvalue weighted by Crippen LogP contribution is -2.56. The number of hydrogen-bond acceptors (Lipinski definition) is 2. The highest BCUT2D eigenvalue weighted by Gasteiger charge is 2.38. The maximum absolute atomic E-state index is 6.16. The van der Waals surface area contributed by atoms with Crippen LogP contribution in [0, 0.1) is 5.92 Å². The van der Waals surface area contributed by atoms with E-state index in [1.807, 2.05) is 12.1 Å². The van der Waals surface area contributed by atoms with Crippen LogP contribution < -0.4 is 5.32 Å². The third-order valence-corrected chi connectivity index (χ3v) is 5.45. The normalized spacial score (nSPS) is 27.0. The van der Waals surface area contributed by atoms with Crippen LogP contribution in [-0.2, 0) is 6.54 Å². The predicted octanol–water partition coefficient (Wildman–Crippen LogP) is 4.35. The van der Waals surface area contributed by atoms with Crippen molar-refractivity contribution in [2.24, 2.45) is 5.92 Å². The van der Waals surface area contributed by atoms with Crippen LogP contribution in [-0.4, -0.2) is 30.1 Å². The average molecular weight is 327 g/mol. The molecule has 0 aromatic heterocycles. The molecule has 1 aliphatic heterocycles. The molecule has 1 aromatic rings. The lowest BCUT2D eigenvalue weighted by atomic mass is 10.0. The molecule has 1 aromatic carbocycles. The summed E-state index contributed by atoms with van der Waals surface area (Å²) in [5.74, 6) is 0.892. The monoisotopic (exact) mass is 326 g/mol. The van der Waals surface area contributed by atoms with Crippen LogP contribution in [0.4, 0.5) is 0 Å². The largest absolute Gasteiger partial charge is 0.311 e. The molecule has 0 spiro atoms. The molecule has 2 aliphatic rings. The van der Waals surface area contributed by atoms with Crippen LogP contribution in [0.15, 0.2) is 18.2 Å². The molecule has 2 atom stereocenters. The van der Waals surface area contributed by atoms with E-state index in [9.17, 15) is 0 Å². The van der Waals surface area contributed by atoms with E-state index >= 15 is 0 Å². The number of nitrogens with zero attached hydrogens (tertiary/aromatic N) is 1.